The minimum Gasteiger partial charge on any atom is -0.373 e. The summed E-state index contributed by atoms with van der Waals surface area (Å²) in [5.74, 6) is -0.753. The Balaban J connectivity index is 2.00. The fourth-order valence-corrected chi connectivity index (χ4v) is 2.86. The Morgan fingerprint density at radius 1 is 1.33 bits per heavy atom. The van der Waals surface area contributed by atoms with E-state index in [1.807, 2.05) is 30.3 Å². The first-order chi connectivity index (χ1) is 9.97. The van der Waals surface area contributed by atoms with Crippen LogP contribution < -0.4 is 10.5 Å². The van der Waals surface area contributed by atoms with Crippen molar-refractivity contribution in [2.24, 2.45) is 11.1 Å². The van der Waals surface area contributed by atoms with E-state index < -0.39 is 10.0 Å². The molecule has 1 aromatic rings. The third-order valence-electron chi connectivity index (χ3n) is 3.47. The summed E-state index contributed by atoms with van der Waals surface area (Å²) in [7, 11) is -3.56. The molecule has 1 amide bonds. The molecule has 21 heavy (non-hydrogen) atoms. The van der Waals surface area contributed by atoms with Crippen LogP contribution in [0, 0.1) is 5.92 Å². The zero-order chi connectivity index (χ0) is 15.3. The van der Waals surface area contributed by atoms with Crippen molar-refractivity contribution >= 4 is 15.9 Å². The monoisotopic (exact) mass is 312 g/mol. The molecule has 2 unspecified atom stereocenters. The second kappa shape index (κ2) is 7.02. The van der Waals surface area contributed by atoms with Gasteiger partial charge < -0.3 is 10.1 Å². The molecular formula is C14H20N2O4S. The van der Waals surface area contributed by atoms with Crippen molar-refractivity contribution in [2.75, 3.05) is 18.9 Å². The number of carbonyl (C=O) groups excluding carboxylic acids is 1. The summed E-state index contributed by atoms with van der Waals surface area (Å²) in [5.41, 5.74) is 0.962. The number of sulfonamides is 1. The minimum absolute atomic E-state index is 0.0235. The zero-order valence-electron chi connectivity index (χ0n) is 11.7. The number of nitrogens with one attached hydrogen (secondary N) is 1. The normalized spacial score (nSPS) is 22.7. The van der Waals surface area contributed by atoms with Crippen LogP contribution in [0.5, 0.6) is 0 Å². The average molecular weight is 312 g/mol. The maximum Gasteiger partial charge on any atom is 0.226 e. The third kappa shape index (κ3) is 4.80. The Morgan fingerprint density at radius 3 is 2.71 bits per heavy atom. The van der Waals surface area contributed by atoms with Crippen LogP contribution in [0.2, 0.25) is 0 Å². The Bertz CT molecular complexity index is 574. The molecule has 0 radical (unpaired) electrons. The van der Waals surface area contributed by atoms with Crippen LogP contribution in [0.4, 0.5) is 0 Å². The molecule has 0 bridgehead atoms. The van der Waals surface area contributed by atoms with Crippen LogP contribution in [0.25, 0.3) is 0 Å². The molecule has 2 rings (SSSR count). The predicted octanol–water partition coefficient (Wildman–Crippen LogP) is 0.559. The van der Waals surface area contributed by atoms with Crippen molar-refractivity contribution in [1.82, 2.24) is 5.32 Å². The molecule has 0 saturated carbocycles. The zero-order valence-corrected chi connectivity index (χ0v) is 12.5. The van der Waals surface area contributed by atoms with E-state index in [4.69, 9.17) is 9.88 Å². The summed E-state index contributed by atoms with van der Waals surface area (Å²) in [4.78, 5) is 12.2. The summed E-state index contributed by atoms with van der Waals surface area (Å²) in [6.45, 7) is 0.649. The topological polar surface area (TPSA) is 98.5 Å². The molecule has 1 aliphatic rings. The molecule has 1 aromatic carbocycles. The van der Waals surface area contributed by atoms with Gasteiger partial charge in [-0.15, -0.1) is 0 Å². The van der Waals surface area contributed by atoms with Gasteiger partial charge in [-0.1, -0.05) is 30.3 Å². The molecule has 116 valence electrons. The molecule has 1 fully saturated rings. The maximum absolute atomic E-state index is 12.2. The van der Waals surface area contributed by atoms with Gasteiger partial charge in [-0.05, 0) is 18.4 Å². The van der Waals surface area contributed by atoms with Crippen molar-refractivity contribution in [3.8, 4) is 0 Å². The summed E-state index contributed by atoms with van der Waals surface area (Å²) in [6.07, 6.45) is 1.26. The first kappa shape index (κ1) is 15.9. The predicted molar refractivity (Wildman–Crippen MR) is 78.8 cm³/mol. The van der Waals surface area contributed by atoms with Crippen molar-refractivity contribution in [1.29, 1.82) is 0 Å². The highest BCUT2D eigenvalue weighted by Gasteiger charge is 2.32. The summed E-state index contributed by atoms with van der Waals surface area (Å²) in [5, 5.41) is 7.55. The third-order valence-corrected chi connectivity index (χ3v) is 4.25. The first-order valence-electron chi connectivity index (χ1n) is 6.92. The number of hydrogen-bond donors (Lipinski definition) is 2. The lowest BCUT2D eigenvalue weighted by molar-refractivity contribution is -0.134. The highest BCUT2D eigenvalue weighted by atomic mass is 32.2. The summed E-state index contributed by atoms with van der Waals surface area (Å²) >= 11 is 0. The molecule has 1 heterocycles. The van der Waals surface area contributed by atoms with Crippen molar-refractivity contribution < 1.29 is 17.9 Å². The van der Waals surface area contributed by atoms with E-state index in [0.29, 0.717) is 6.61 Å². The van der Waals surface area contributed by atoms with Gasteiger partial charge in [0.1, 0.15) is 0 Å². The Kier molecular flexibility index (Phi) is 5.33. The first-order valence-corrected chi connectivity index (χ1v) is 8.63. The van der Waals surface area contributed by atoms with Crippen LogP contribution in [0.15, 0.2) is 30.3 Å². The van der Waals surface area contributed by atoms with Gasteiger partial charge in [0.25, 0.3) is 0 Å². The largest absolute Gasteiger partial charge is 0.373 e. The molecule has 0 aliphatic carbocycles. The fraction of sp³-hybridized carbons (Fsp3) is 0.500. The summed E-state index contributed by atoms with van der Waals surface area (Å²) < 4.78 is 27.5. The van der Waals surface area contributed by atoms with E-state index in [9.17, 15) is 13.2 Å². The van der Waals surface area contributed by atoms with Crippen molar-refractivity contribution in [2.45, 2.75) is 18.9 Å². The smallest absolute Gasteiger partial charge is 0.226 e. The number of hydrogen-bond acceptors (Lipinski definition) is 4. The average Bonchev–Trinajstić information content (AvgIpc) is 2.47. The quantitative estimate of drug-likeness (QED) is 0.830. The highest BCUT2D eigenvalue weighted by Crippen LogP contribution is 2.33. The Morgan fingerprint density at radius 2 is 2.05 bits per heavy atom. The van der Waals surface area contributed by atoms with E-state index in [-0.39, 0.29) is 30.2 Å². The van der Waals surface area contributed by atoms with Crippen LogP contribution >= 0.6 is 0 Å². The van der Waals surface area contributed by atoms with Gasteiger partial charge in [-0.3, -0.25) is 4.79 Å². The van der Waals surface area contributed by atoms with Gasteiger partial charge in [0.2, 0.25) is 15.9 Å². The highest BCUT2D eigenvalue weighted by molar-refractivity contribution is 7.89. The van der Waals surface area contributed by atoms with Gasteiger partial charge in [0, 0.05) is 13.2 Å². The molecule has 6 nitrogen and oxygen atoms in total. The van der Waals surface area contributed by atoms with Gasteiger partial charge in [0.05, 0.1) is 17.8 Å². The Labute approximate surface area is 124 Å². The van der Waals surface area contributed by atoms with E-state index in [0.717, 1.165) is 18.4 Å². The minimum atomic E-state index is -3.56. The second-order valence-corrected chi connectivity index (χ2v) is 6.84. The van der Waals surface area contributed by atoms with E-state index in [2.05, 4.69) is 5.32 Å². The molecular weight excluding hydrogens is 292 g/mol. The molecule has 7 heteroatoms. The van der Waals surface area contributed by atoms with Crippen LogP contribution in [0.3, 0.4) is 0 Å². The molecule has 1 aliphatic heterocycles. The van der Waals surface area contributed by atoms with Crippen LogP contribution in [-0.2, 0) is 19.6 Å². The summed E-state index contributed by atoms with van der Waals surface area (Å²) in [6, 6.07) is 9.58. The lowest BCUT2D eigenvalue weighted by atomic mass is 9.89. The molecule has 1 saturated heterocycles. The van der Waals surface area contributed by atoms with Gasteiger partial charge in [0.15, 0.2) is 0 Å². The van der Waals surface area contributed by atoms with Crippen molar-refractivity contribution in [3.63, 3.8) is 0 Å². The van der Waals surface area contributed by atoms with Gasteiger partial charge in [-0.25, -0.2) is 13.6 Å². The number of nitrogens with two attached hydrogens (primary N) is 1. The lowest BCUT2D eigenvalue weighted by Gasteiger charge is -2.31. The molecule has 0 aromatic heterocycles. The molecule has 0 spiro atoms. The molecule has 3 N–H and O–H groups in total. The SMILES string of the molecule is NS(=O)(=O)CCNC(=O)C1CCCOC1c1ccccc1. The molecule has 2 atom stereocenters. The van der Waals surface area contributed by atoms with E-state index in [1.54, 1.807) is 0 Å². The van der Waals surface area contributed by atoms with Crippen molar-refractivity contribution in [3.05, 3.63) is 35.9 Å². The van der Waals surface area contributed by atoms with E-state index in [1.165, 1.54) is 0 Å². The number of amides is 1. The number of carbonyl (C=O) groups is 1. The second-order valence-electron chi connectivity index (χ2n) is 5.11. The fourth-order valence-electron chi connectivity index (χ4n) is 2.47. The number of ether oxygens (including phenoxy) is 1. The van der Waals surface area contributed by atoms with E-state index >= 15 is 0 Å². The van der Waals surface area contributed by atoms with Crippen LogP contribution in [0.1, 0.15) is 24.5 Å². The standard InChI is InChI=1S/C14H20N2O4S/c15-21(18,19)10-8-16-14(17)12-7-4-9-20-13(12)11-5-2-1-3-6-11/h1-3,5-6,12-13H,4,7-10H2,(H,16,17)(H2,15,18,19). The van der Waals surface area contributed by atoms with Crippen LogP contribution in [-0.4, -0.2) is 33.2 Å². The van der Waals surface area contributed by atoms with Gasteiger partial charge in [-0.2, -0.15) is 0 Å². The number of rotatable bonds is 5. The Hall–Kier alpha value is -1.44. The van der Waals surface area contributed by atoms with Gasteiger partial charge >= 0.3 is 0 Å². The maximum atomic E-state index is 12.2. The number of benzene rings is 1. The lowest BCUT2D eigenvalue weighted by Crippen LogP contribution is -2.40. The number of primary sulfonamides is 1.